The highest BCUT2D eigenvalue weighted by Gasteiger charge is 2.20. The van der Waals surface area contributed by atoms with Crippen LogP contribution in [-0.4, -0.2) is 18.8 Å². The third-order valence-corrected chi connectivity index (χ3v) is 5.17. The van der Waals surface area contributed by atoms with Crippen molar-refractivity contribution in [1.29, 1.82) is 0 Å². The number of aryl methyl sites for hydroxylation is 2. The molecule has 1 aliphatic carbocycles. The fourth-order valence-corrected chi connectivity index (χ4v) is 3.62. The number of fused-ring (bicyclic) bond motifs is 2. The molecule has 27 heavy (non-hydrogen) atoms. The molecule has 4 rings (SSSR count). The first-order valence-corrected chi connectivity index (χ1v) is 9.67. The number of hydrogen-bond donors (Lipinski definition) is 1. The Hall–Kier alpha value is -2.69. The van der Waals surface area contributed by atoms with Gasteiger partial charge in [0.15, 0.2) is 17.6 Å². The second kappa shape index (κ2) is 7.91. The van der Waals surface area contributed by atoms with Gasteiger partial charge < -0.3 is 19.5 Å². The van der Waals surface area contributed by atoms with Gasteiger partial charge in [0.25, 0.3) is 5.91 Å². The Morgan fingerprint density at radius 2 is 1.89 bits per heavy atom. The Morgan fingerprint density at radius 3 is 2.74 bits per heavy atom. The summed E-state index contributed by atoms with van der Waals surface area (Å²) in [5.74, 6) is 2.14. The summed E-state index contributed by atoms with van der Waals surface area (Å²) in [6.45, 7) is 2.64. The van der Waals surface area contributed by atoms with E-state index in [1.807, 2.05) is 31.2 Å². The first-order valence-electron chi connectivity index (χ1n) is 9.67. The number of amides is 1. The van der Waals surface area contributed by atoms with Gasteiger partial charge in [0.2, 0.25) is 6.79 Å². The van der Waals surface area contributed by atoms with E-state index in [1.54, 1.807) is 0 Å². The lowest BCUT2D eigenvalue weighted by molar-refractivity contribution is -0.128. The Bertz CT molecular complexity index is 833. The first-order chi connectivity index (χ1) is 13.2. The summed E-state index contributed by atoms with van der Waals surface area (Å²) in [5, 5.41) is 2.96. The molecule has 2 aliphatic rings. The average Bonchev–Trinajstić information content (AvgIpc) is 3.18. The summed E-state index contributed by atoms with van der Waals surface area (Å²) in [6, 6.07) is 11.9. The Balaban J connectivity index is 1.36. The predicted octanol–water partition coefficient (Wildman–Crippen LogP) is 3.77. The van der Waals surface area contributed by atoms with Crippen molar-refractivity contribution in [1.82, 2.24) is 5.32 Å². The molecular weight excluding hydrogens is 342 g/mol. The van der Waals surface area contributed by atoms with Gasteiger partial charge >= 0.3 is 0 Å². The minimum Gasteiger partial charge on any atom is -0.481 e. The SMILES string of the molecule is CCC(Oc1ccc2c(c1)CCCC2)C(=O)NCc1ccc2c(c1)OCO2. The maximum Gasteiger partial charge on any atom is 0.261 e. The lowest BCUT2D eigenvalue weighted by atomic mass is 9.92. The van der Waals surface area contributed by atoms with Gasteiger partial charge in [0, 0.05) is 6.54 Å². The van der Waals surface area contributed by atoms with Crippen molar-refractivity contribution in [3.63, 3.8) is 0 Å². The molecule has 0 bridgehead atoms. The standard InChI is InChI=1S/C22H25NO4/c1-2-19(27-18-9-8-16-5-3-4-6-17(16)12-18)22(24)23-13-15-7-10-20-21(11-15)26-14-25-20/h7-12,19H,2-6,13-14H2,1H3,(H,23,24). The molecular formula is C22H25NO4. The average molecular weight is 367 g/mol. The van der Waals surface area contributed by atoms with Gasteiger partial charge in [0.1, 0.15) is 5.75 Å². The summed E-state index contributed by atoms with van der Waals surface area (Å²) in [4.78, 5) is 12.6. The monoisotopic (exact) mass is 367 g/mol. The number of nitrogens with one attached hydrogen (secondary N) is 1. The fraction of sp³-hybridized carbons (Fsp3) is 0.409. The van der Waals surface area contributed by atoms with Crippen LogP contribution >= 0.6 is 0 Å². The second-order valence-electron chi connectivity index (χ2n) is 7.06. The van der Waals surface area contributed by atoms with Crippen LogP contribution in [0.3, 0.4) is 0 Å². The number of ether oxygens (including phenoxy) is 3. The third-order valence-electron chi connectivity index (χ3n) is 5.17. The molecule has 0 fully saturated rings. The molecule has 1 N–H and O–H groups in total. The molecule has 0 radical (unpaired) electrons. The van der Waals surface area contributed by atoms with Gasteiger partial charge in [0.05, 0.1) is 0 Å². The van der Waals surface area contributed by atoms with Crippen molar-refractivity contribution in [3.8, 4) is 17.2 Å². The minimum absolute atomic E-state index is 0.104. The van der Waals surface area contributed by atoms with Crippen LogP contribution < -0.4 is 19.5 Å². The number of carbonyl (C=O) groups is 1. The van der Waals surface area contributed by atoms with Crippen LogP contribution in [0.15, 0.2) is 36.4 Å². The number of hydrogen-bond acceptors (Lipinski definition) is 4. The highest BCUT2D eigenvalue weighted by molar-refractivity contribution is 5.81. The van der Waals surface area contributed by atoms with Crippen LogP contribution in [0.25, 0.3) is 0 Å². The first kappa shape index (κ1) is 17.7. The molecule has 142 valence electrons. The molecule has 5 nitrogen and oxygen atoms in total. The number of rotatable bonds is 6. The lowest BCUT2D eigenvalue weighted by Gasteiger charge is -2.20. The summed E-state index contributed by atoms with van der Waals surface area (Å²) < 4.78 is 16.7. The maximum atomic E-state index is 12.6. The zero-order chi connectivity index (χ0) is 18.6. The van der Waals surface area contributed by atoms with Crippen molar-refractivity contribution in [2.75, 3.05) is 6.79 Å². The molecule has 2 aromatic rings. The Labute approximate surface area is 159 Å². The Morgan fingerprint density at radius 1 is 1.07 bits per heavy atom. The van der Waals surface area contributed by atoms with Crippen molar-refractivity contribution in [2.45, 2.75) is 51.7 Å². The van der Waals surface area contributed by atoms with Gasteiger partial charge in [-0.3, -0.25) is 4.79 Å². The van der Waals surface area contributed by atoms with Crippen LogP contribution in [-0.2, 0) is 24.2 Å². The molecule has 0 aromatic heterocycles. The third kappa shape index (κ3) is 4.02. The Kier molecular flexibility index (Phi) is 5.19. The summed E-state index contributed by atoms with van der Waals surface area (Å²) >= 11 is 0. The molecule has 1 aliphatic heterocycles. The van der Waals surface area contributed by atoms with E-state index >= 15 is 0 Å². The zero-order valence-electron chi connectivity index (χ0n) is 15.6. The molecule has 1 atom stereocenters. The molecule has 0 saturated carbocycles. The summed E-state index contributed by atoms with van der Waals surface area (Å²) in [7, 11) is 0. The van der Waals surface area contributed by atoms with E-state index < -0.39 is 6.10 Å². The van der Waals surface area contributed by atoms with Crippen LogP contribution in [0, 0.1) is 0 Å². The quantitative estimate of drug-likeness (QED) is 0.844. The lowest BCUT2D eigenvalue weighted by Crippen LogP contribution is -2.37. The van der Waals surface area contributed by atoms with Crippen LogP contribution in [0.4, 0.5) is 0 Å². The van der Waals surface area contributed by atoms with E-state index in [-0.39, 0.29) is 12.7 Å². The van der Waals surface area contributed by atoms with Crippen LogP contribution in [0.5, 0.6) is 17.2 Å². The normalized spacial score (nSPS) is 15.7. The van der Waals surface area contributed by atoms with Crippen LogP contribution in [0.2, 0.25) is 0 Å². The van der Waals surface area contributed by atoms with Crippen LogP contribution in [0.1, 0.15) is 42.9 Å². The van der Waals surface area contributed by atoms with E-state index in [2.05, 4.69) is 17.4 Å². The maximum absolute atomic E-state index is 12.6. The summed E-state index contributed by atoms with van der Waals surface area (Å²) in [6.07, 6.45) is 4.84. The number of benzene rings is 2. The van der Waals surface area contributed by atoms with E-state index in [0.29, 0.717) is 13.0 Å². The van der Waals surface area contributed by atoms with Crippen molar-refractivity contribution >= 4 is 5.91 Å². The zero-order valence-corrected chi connectivity index (χ0v) is 15.6. The number of carbonyl (C=O) groups excluding carboxylic acids is 1. The largest absolute Gasteiger partial charge is 0.481 e. The molecule has 1 heterocycles. The van der Waals surface area contributed by atoms with Crippen molar-refractivity contribution in [2.24, 2.45) is 0 Å². The highest BCUT2D eigenvalue weighted by atomic mass is 16.7. The smallest absolute Gasteiger partial charge is 0.261 e. The van der Waals surface area contributed by atoms with Gasteiger partial charge in [-0.25, -0.2) is 0 Å². The topological polar surface area (TPSA) is 56.8 Å². The van der Waals surface area contributed by atoms with Gasteiger partial charge in [-0.1, -0.05) is 19.1 Å². The van der Waals surface area contributed by atoms with E-state index in [1.165, 1.54) is 24.0 Å². The minimum atomic E-state index is -0.499. The van der Waals surface area contributed by atoms with E-state index in [0.717, 1.165) is 35.7 Å². The van der Waals surface area contributed by atoms with Gasteiger partial charge in [-0.05, 0) is 73.1 Å². The van der Waals surface area contributed by atoms with Crippen molar-refractivity contribution in [3.05, 3.63) is 53.1 Å². The predicted molar refractivity (Wildman–Crippen MR) is 102 cm³/mol. The van der Waals surface area contributed by atoms with Gasteiger partial charge in [-0.2, -0.15) is 0 Å². The fourth-order valence-electron chi connectivity index (χ4n) is 3.62. The van der Waals surface area contributed by atoms with Gasteiger partial charge in [-0.15, -0.1) is 0 Å². The molecule has 0 spiro atoms. The highest BCUT2D eigenvalue weighted by Crippen LogP contribution is 2.32. The molecule has 2 aromatic carbocycles. The van der Waals surface area contributed by atoms with Crippen molar-refractivity contribution < 1.29 is 19.0 Å². The molecule has 1 unspecified atom stereocenters. The molecule has 0 saturated heterocycles. The van der Waals surface area contributed by atoms with E-state index in [9.17, 15) is 4.79 Å². The van der Waals surface area contributed by atoms with E-state index in [4.69, 9.17) is 14.2 Å². The molecule has 5 heteroatoms. The summed E-state index contributed by atoms with van der Waals surface area (Å²) in [5.41, 5.74) is 3.74. The molecule has 1 amide bonds. The second-order valence-corrected chi connectivity index (χ2v) is 7.06.